The number of hydrogen-bond donors (Lipinski definition) is 0. The fourth-order valence-corrected chi connectivity index (χ4v) is 7.96. The van der Waals surface area contributed by atoms with Gasteiger partial charge in [0, 0.05) is 33.2 Å². The fourth-order valence-electron chi connectivity index (χ4n) is 3.67. The van der Waals surface area contributed by atoms with Crippen LogP contribution in [0, 0.1) is 21.7 Å². The van der Waals surface area contributed by atoms with E-state index >= 15 is 0 Å². The molecule has 9 heteroatoms. The number of thioether (sulfide) groups is 6. The molecule has 0 aliphatic carbocycles. The summed E-state index contributed by atoms with van der Waals surface area (Å²) < 4.78 is 17.8. The van der Waals surface area contributed by atoms with Crippen molar-refractivity contribution < 1.29 is 14.2 Å². The van der Waals surface area contributed by atoms with Gasteiger partial charge in [-0.25, -0.2) is 0 Å². The van der Waals surface area contributed by atoms with Gasteiger partial charge in [0.15, 0.2) is 0 Å². The molecule has 0 bridgehead atoms. The molecule has 0 aromatic heterocycles. The van der Waals surface area contributed by atoms with Crippen molar-refractivity contribution in [3.63, 3.8) is 0 Å². The normalized spacial score (nSPS) is 12.8. The molecule has 0 spiro atoms. The molecule has 0 aliphatic rings. The molecule has 0 aromatic rings. The van der Waals surface area contributed by atoms with Gasteiger partial charge in [0.25, 0.3) is 0 Å². The maximum absolute atomic E-state index is 5.62. The van der Waals surface area contributed by atoms with Crippen molar-refractivity contribution in [3.8, 4) is 0 Å². The van der Waals surface area contributed by atoms with Gasteiger partial charge in [-0.1, -0.05) is 180 Å². The molecule has 3 nitrogen and oxygen atoms in total. The summed E-state index contributed by atoms with van der Waals surface area (Å²) in [6.45, 7) is 79.0. The molecular weight excluding hydrogens is 961 g/mol. The van der Waals surface area contributed by atoms with E-state index in [2.05, 4.69) is 274 Å². The fraction of sp³-hybridized carbons (Fsp3) is 1.00. The molecule has 432 valence electrons. The third-order valence-corrected chi connectivity index (χ3v) is 18.7. The van der Waals surface area contributed by atoms with Crippen molar-refractivity contribution in [2.24, 2.45) is 21.7 Å². The average molecular weight is 1100 g/mol. The lowest BCUT2D eigenvalue weighted by Gasteiger charge is -2.37. The highest BCUT2D eigenvalue weighted by Crippen LogP contribution is 2.40. The van der Waals surface area contributed by atoms with Crippen molar-refractivity contribution in [1.29, 1.82) is 0 Å². The van der Waals surface area contributed by atoms with Crippen LogP contribution in [0.25, 0.3) is 0 Å². The summed E-state index contributed by atoms with van der Waals surface area (Å²) in [6.07, 6.45) is 11.2. The molecular formula is C60H138O3S6. The Hall–Kier alpha value is 1.98. The Bertz CT molecular complexity index is 902. The summed E-state index contributed by atoms with van der Waals surface area (Å²) in [5, 5.41) is 0. The monoisotopic (exact) mass is 1100 g/mol. The van der Waals surface area contributed by atoms with Crippen LogP contribution in [0.4, 0.5) is 0 Å². The van der Waals surface area contributed by atoms with E-state index in [4.69, 9.17) is 14.2 Å². The van der Waals surface area contributed by atoms with Crippen LogP contribution in [0.1, 0.15) is 262 Å². The van der Waals surface area contributed by atoms with E-state index in [0.29, 0.717) is 29.8 Å². The van der Waals surface area contributed by atoms with Crippen molar-refractivity contribution in [2.75, 3.05) is 62.3 Å². The third-order valence-electron chi connectivity index (χ3n) is 11.7. The van der Waals surface area contributed by atoms with Gasteiger partial charge < -0.3 is 14.2 Å². The van der Waals surface area contributed by atoms with Crippen molar-refractivity contribution >= 4 is 70.6 Å². The van der Waals surface area contributed by atoms with E-state index in [0.717, 1.165) is 0 Å². The Morgan fingerprint density at radius 1 is 0.333 bits per heavy atom. The summed E-state index contributed by atoms with van der Waals surface area (Å²) in [7, 11) is 3.51. The second-order valence-electron chi connectivity index (χ2n) is 27.3. The molecule has 69 heavy (non-hydrogen) atoms. The van der Waals surface area contributed by atoms with Crippen LogP contribution in [0.5, 0.6) is 0 Å². The van der Waals surface area contributed by atoms with Crippen LogP contribution in [0.15, 0.2) is 0 Å². The highest BCUT2D eigenvalue weighted by Gasteiger charge is 2.34. The zero-order valence-electron chi connectivity index (χ0n) is 55.9. The topological polar surface area (TPSA) is 27.7 Å². The van der Waals surface area contributed by atoms with Crippen LogP contribution in [-0.4, -0.2) is 104 Å². The predicted octanol–water partition coefficient (Wildman–Crippen LogP) is 22.5. The zero-order chi connectivity index (χ0) is 58.6. The Morgan fingerprint density at radius 2 is 0.551 bits per heavy atom. The minimum absolute atomic E-state index is 0.0156. The number of rotatable bonds is 10. The van der Waals surface area contributed by atoms with E-state index in [9.17, 15) is 0 Å². The molecule has 0 N–H and O–H groups in total. The minimum Gasteiger partial charge on any atom is -0.378 e. The standard InChI is InChI=1S/3C8H18O.3C8H18S.3C4H10S/c2*1-7(2,3)8(4,5)9-6;1-7(2,3)9-8(4,5)6;2*1-7(2,3)8(4,5)9-6;1-7(2,3)9-8(4,5)6;2*1-3-4-5-2;1-3-5-4-2/h6*1-6H3;3*3-4H2,1-2H3. The second-order valence-corrected chi connectivity index (χ2v) is 36.3. The first-order chi connectivity index (χ1) is 29.9. The molecule has 0 saturated carbocycles. The summed E-state index contributed by atoms with van der Waals surface area (Å²) in [6, 6.07) is 0. The maximum atomic E-state index is 5.62. The highest BCUT2D eigenvalue weighted by molar-refractivity contribution is 8.02. The van der Waals surface area contributed by atoms with Gasteiger partial charge in [0.2, 0.25) is 0 Å². The molecule has 0 fully saturated rings. The van der Waals surface area contributed by atoms with E-state index < -0.39 is 0 Å². The maximum Gasteiger partial charge on any atom is 0.0670 e. The smallest absolute Gasteiger partial charge is 0.0670 e. The van der Waals surface area contributed by atoms with E-state index in [1.54, 1.807) is 14.2 Å². The van der Waals surface area contributed by atoms with Gasteiger partial charge in [0.05, 0.1) is 22.4 Å². The van der Waals surface area contributed by atoms with Crippen LogP contribution in [0.3, 0.4) is 0 Å². The van der Waals surface area contributed by atoms with E-state index in [-0.39, 0.29) is 33.2 Å². The molecule has 0 atom stereocenters. The second kappa shape index (κ2) is 42.1. The highest BCUT2D eigenvalue weighted by atomic mass is 32.2. The van der Waals surface area contributed by atoms with Crippen LogP contribution in [0.2, 0.25) is 0 Å². The minimum atomic E-state index is -0.0208. The summed E-state index contributed by atoms with van der Waals surface area (Å²) >= 11 is 11.6. The Balaban J connectivity index is -0.0000000846. The average Bonchev–Trinajstić information content (AvgIpc) is 3.10. The Labute approximate surface area is 468 Å². The largest absolute Gasteiger partial charge is 0.378 e. The zero-order valence-corrected chi connectivity index (χ0v) is 60.8. The number of methoxy groups -OCH3 is 2. The van der Waals surface area contributed by atoms with Crippen molar-refractivity contribution in [2.45, 2.75) is 303 Å². The quantitative estimate of drug-likeness (QED) is 0.212. The van der Waals surface area contributed by atoms with Crippen LogP contribution in [-0.2, 0) is 14.2 Å². The molecule has 0 amide bonds. The van der Waals surface area contributed by atoms with Gasteiger partial charge >= 0.3 is 0 Å². The van der Waals surface area contributed by atoms with Crippen molar-refractivity contribution in [1.82, 2.24) is 0 Å². The Morgan fingerprint density at radius 3 is 0.551 bits per heavy atom. The number of hydrogen-bond acceptors (Lipinski definition) is 9. The lowest BCUT2D eigenvalue weighted by molar-refractivity contribution is -0.102. The Kier molecular flexibility index (Phi) is 55.2. The van der Waals surface area contributed by atoms with Gasteiger partial charge in [-0.3, -0.25) is 0 Å². The van der Waals surface area contributed by atoms with E-state index in [1.807, 2.05) is 70.6 Å². The molecule has 0 aliphatic heterocycles. The van der Waals surface area contributed by atoms with Crippen LogP contribution < -0.4 is 0 Å². The molecule has 0 radical (unpaired) electrons. The first kappa shape index (κ1) is 90.5. The predicted molar refractivity (Wildman–Crippen MR) is 349 cm³/mol. The molecule has 0 unspecified atom stereocenters. The molecule has 0 rings (SSSR count). The summed E-state index contributed by atoms with van der Waals surface area (Å²) in [4.78, 5) is 0. The first-order valence-corrected chi connectivity index (χ1v) is 33.3. The molecule has 0 aromatic carbocycles. The van der Waals surface area contributed by atoms with Gasteiger partial charge in [-0.15, -0.1) is 0 Å². The number of ether oxygens (including phenoxy) is 3. The van der Waals surface area contributed by atoms with E-state index in [1.165, 1.54) is 35.9 Å². The van der Waals surface area contributed by atoms with Crippen LogP contribution >= 0.6 is 70.6 Å². The molecule has 0 heterocycles. The molecule has 0 saturated heterocycles. The van der Waals surface area contributed by atoms with Crippen molar-refractivity contribution in [3.05, 3.63) is 0 Å². The lowest BCUT2D eigenvalue weighted by Crippen LogP contribution is -2.38. The van der Waals surface area contributed by atoms with Gasteiger partial charge in [-0.2, -0.15) is 70.6 Å². The summed E-state index contributed by atoms with van der Waals surface area (Å²) in [5.41, 5.74) is 1.19. The SMILES string of the molecule is CC(C)(C)OC(C)(C)C.CC(C)(C)SC(C)(C)C.CCCSC.CCCSC.CCSCC.COC(C)(C)C(C)(C)C.COC(C)(C)C(C)(C)C.CSC(C)(C)C(C)(C)C.CSC(C)(C)C(C)(C)C. The lowest BCUT2D eigenvalue weighted by atomic mass is 9.79. The third kappa shape index (κ3) is 70.0. The first-order valence-electron chi connectivity index (χ1n) is 26.1. The van der Waals surface area contributed by atoms with Gasteiger partial charge in [-0.05, 0) is 152 Å². The summed E-state index contributed by atoms with van der Waals surface area (Å²) in [5.74, 6) is 5.13. The van der Waals surface area contributed by atoms with Gasteiger partial charge in [0.1, 0.15) is 0 Å².